The lowest BCUT2D eigenvalue weighted by Gasteiger charge is -2.25. The van der Waals surface area contributed by atoms with Crippen LogP contribution in [0.4, 0.5) is 5.95 Å². The van der Waals surface area contributed by atoms with Crippen molar-refractivity contribution in [3.8, 4) is 5.75 Å². The molecule has 0 spiro atoms. The average molecular weight is 496 g/mol. The van der Waals surface area contributed by atoms with Crippen molar-refractivity contribution in [2.75, 3.05) is 11.4 Å². The number of carbonyl (C=O) groups is 1. The number of aromatic nitrogens is 2. The second kappa shape index (κ2) is 10.1. The lowest BCUT2D eigenvalue weighted by atomic mass is 10.1. The Balaban J connectivity index is 1.56. The summed E-state index contributed by atoms with van der Waals surface area (Å²) in [6.45, 7) is 3.04. The number of benzene rings is 2. The van der Waals surface area contributed by atoms with E-state index in [1.165, 1.54) is 17.3 Å². The fourth-order valence-corrected chi connectivity index (χ4v) is 4.33. The van der Waals surface area contributed by atoms with Gasteiger partial charge in [0.15, 0.2) is 0 Å². The van der Waals surface area contributed by atoms with Crippen LogP contribution in [0.2, 0.25) is 0 Å². The van der Waals surface area contributed by atoms with Crippen LogP contribution in [-0.4, -0.2) is 27.6 Å². The van der Waals surface area contributed by atoms with Crippen LogP contribution in [0.5, 0.6) is 5.75 Å². The third-order valence-electron chi connectivity index (χ3n) is 5.69. The molecule has 7 heteroatoms. The quantitative estimate of drug-likeness (QED) is 0.424. The van der Waals surface area contributed by atoms with Crippen molar-refractivity contribution in [3.63, 3.8) is 0 Å². The standard InChI is InChI=1S/C25H26BrN3O3/c1-2-4-17-6-12-20(13-7-17)32-16-22-21(24(30)31)15-27-25(28-22)29-14-3-5-23(29)18-8-10-19(26)11-9-18/h6-13,15,23H,2-5,14,16H2,1H3,(H,30,31)/t23-/m1/s1. The van der Waals surface area contributed by atoms with Gasteiger partial charge in [0.1, 0.15) is 17.9 Å². The smallest absolute Gasteiger partial charge is 0.339 e. The molecule has 0 aliphatic carbocycles. The highest BCUT2D eigenvalue weighted by atomic mass is 79.9. The Morgan fingerprint density at radius 1 is 1.19 bits per heavy atom. The summed E-state index contributed by atoms with van der Waals surface area (Å²) in [4.78, 5) is 22.9. The molecule has 32 heavy (non-hydrogen) atoms. The van der Waals surface area contributed by atoms with Crippen molar-refractivity contribution < 1.29 is 14.6 Å². The molecule has 1 aromatic heterocycles. The van der Waals surface area contributed by atoms with E-state index in [0.717, 1.165) is 36.7 Å². The zero-order chi connectivity index (χ0) is 22.5. The number of anilines is 1. The Morgan fingerprint density at radius 2 is 1.94 bits per heavy atom. The molecule has 1 N–H and O–H groups in total. The summed E-state index contributed by atoms with van der Waals surface area (Å²) in [5, 5.41) is 9.62. The fraction of sp³-hybridized carbons (Fsp3) is 0.320. The lowest BCUT2D eigenvalue weighted by molar-refractivity contribution is 0.0692. The largest absolute Gasteiger partial charge is 0.487 e. The van der Waals surface area contributed by atoms with Crippen LogP contribution in [0.25, 0.3) is 0 Å². The summed E-state index contributed by atoms with van der Waals surface area (Å²) in [5.74, 6) is 0.173. The number of hydrogen-bond donors (Lipinski definition) is 1. The molecule has 0 unspecified atom stereocenters. The average Bonchev–Trinajstić information content (AvgIpc) is 3.29. The predicted molar refractivity (Wildman–Crippen MR) is 127 cm³/mol. The van der Waals surface area contributed by atoms with E-state index in [-0.39, 0.29) is 18.2 Å². The maximum atomic E-state index is 11.7. The van der Waals surface area contributed by atoms with Crippen LogP contribution in [0, 0.1) is 0 Å². The summed E-state index contributed by atoms with van der Waals surface area (Å²) in [7, 11) is 0. The number of nitrogens with zero attached hydrogens (tertiary/aromatic N) is 3. The molecule has 1 atom stereocenters. The first-order valence-corrected chi connectivity index (χ1v) is 11.7. The molecular weight excluding hydrogens is 470 g/mol. The van der Waals surface area contributed by atoms with Gasteiger partial charge in [0, 0.05) is 17.2 Å². The minimum absolute atomic E-state index is 0.0655. The summed E-state index contributed by atoms with van der Waals surface area (Å²) in [6.07, 6.45) is 5.53. The fourth-order valence-electron chi connectivity index (χ4n) is 4.06. The van der Waals surface area contributed by atoms with Gasteiger partial charge in [-0.15, -0.1) is 0 Å². The van der Waals surface area contributed by atoms with Gasteiger partial charge in [0.25, 0.3) is 0 Å². The first-order valence-electron chi connectivity index (χ1n) is 10.9. The van der Waals surface area contributed by atoms with Crippen LogP contribution in [0.1, 0.15) is 59.4 Å². The Labute approximate surface area is 196 Å². The van der Waals surface area contributed by atoms with E-state index in [9.17, 15) is 9.90 Å². The minimum Gasteiger partial charge on any atom is -0.487 e. The molecule has 166 valence electrons. The number of halogens is 1. The van der Waals surface area contributed by atoms with Gasteiger partial charge in [-0.05, 0) is 54.7 Å². The van der Waals surface area contributed by atoms with Gasteiger partial charge in [-0.2, -0.15) is 0 Å². The van der Waals surface area contributed by atoms with Crippen LogP contribution >= 0.6 is 15.9 Å². The third kappa shape index (κ3) is 5.10. The summed E-state index contributed by atoms with van der Waals surface area (Å²) in [5.41, 5.74) is 2.89. The van der Waals surface area contributed by atoms with E-state index >= 15 is 0 Å². The van der Waals surface area contributed by atoms with Crippen LogP contribution in [0.3, 0.4) is 0 Å². The summed E-state index contributed by atoms with van der Waals surface area (Å²) < 4.78 is 6.92. The number of rotatable bonds is 8. The van der Waals surface area contributed by atoms with Crippen molar-refractivity contribution in [3.05, 3.63) is 81.6 Å². The second-order valence-electron chi connectivity index (χ2n) is 7.92. The number of aryl methyl sites for hydroxylation is 1. The van der Waals surface area contributed by atoms with Crippen LogP contribution in [0.15, 0.2) is 59.2 Å². The molecule has 0 radical (unpaired) electrons. The zero-order valence-corrected chi connectivity index (χ0v) is 19.6. The van der Waals surface area contributed by atoms with E-state index < -0.39 is 5.97 Å². The number of carboxylic acids is 1. The van der Waals surface area contributed by atoms with Crippen molar-refractivity contribution in [2.24, 2.45) is 0 Å². The third-order valence-corrected chi connectivity index (χ3v) is 6.22. The molecule has 4 rings (SSSR count). The molecule has 0 amide bonds. The Morgan fingerprint density at radius 3 is 2.62 bits per heavy atom. The Kier molecular flexibility index (Phi) is 7.05. The number of ether oxygens (including phenoxy) is 1. The first kappa shape index (κ1) is 22.3. The SMILES string of the molecule is CCCc1ccc(OCc2nc(N3CCC[C@@H]3c3ccc(Br)cc3)ncc2C(=O)O)cc1. The van der Waals surface area contributed by atoms with Gasteiger partial charge < -0.3 is 14.7 Å². The number of aromatic carboxylic acids is 1. The molecule has 0 saturated carbocycles. The number of hydrogen-bond acceptors (Lipinski definition) is 5. The lowest BCUT2D eigenvalue weighted by Crippen LogP contribution is -2.26. The van der Waals surface area contributed by atoms with Gasteiger partial charge in [0.2, 0.25) is 5.95 Å². The predicted octanol–water partition coefficient (Wildman–Crippen LogP) is 5.81. The van der Waals surface area contributed by atoms with Gasteiger partial charge in [-0.25, -0.2) is 14.8 Å². The molecule has 1 aliphatic rings. The van der Waals surface area contributed by atoms with E-state index in [1.54, 1.807) is 0 Å². The van der Waals surface area contributed by atoms with Gasteiger partial charge in [0.05, 0.1) is 11.7 Å². The molecule has 2 aromatic carbocycles. The molecular formula is C25H26BrN3O3. The highest BCUT2D eigenvalue weighted by molar-refractivity contribution is 9.10. The molecule has 0 bridgehead atoms. The highest BCUT2D eigenvalue weighted by Crippen LogP contribution is 2.35. The van der Waals surface area contributed by atoms with Crippen LogP contribution in [-0.2, 0) is 13.0 Å². The molecule has 1 aliphatic heterocycles. The summed E-state index contributed by atoms with van der Waals surface area (Å²) in [6, 6.07) is 16.3. The summed E-state index contributed by atoms with van der Waals surface area (Å²) >= 11 is 3.49. The topological polar surface area (TPSA) is 75.5 Å². The zero-order valence-electron chi connectivity index (χ0n) is 18.0. The van der Waals surface area contributed by atoms with E-state index in [1.807, 2.05) is 36.4 Å². The van der Waals surface area contributed by atoms with Gasteiger partial charge in [-0.1, -0.05) is 53.5 Å². The van der Waals surface area contributed by atoms with Crippen molar-refractivity contribution >= 4 is 27.8 Å². The highest BCUT2D eigenvalue weighted by Gasteiger charge is 2.29. The maximum Gasteiger partial charge on any atom is 0.339 e. The van der Waals surface area contributed by atoms with Crippen molar-refractivity contribution in [1.29, 1.82) is 0 Å². The maximum absolute atomic E-state index is 11.7. The Bertz CT molecular complexity index is 1070. The van der Waals surface area contributed by atoms with E-state index in [4.69, 9.17) is 4.74 Å². The van der Waals surface area contributed by atoms with Crippen LogP contribution < -0.4 is 9.64 Å². The number of carboxylic acid groups (broad SMARTS) is 1. The monoisotopic (exact) mass is 495 g/mol. The molecule has 6 nitrogen and oxygen atoms in total. The first-order chi connectivity index (χ1) is 15.5. The van der Waals surface area contributed by atoms with E-state index in [0.29, 0.717) is 17.4 Å². The van der Waals surface area contributed by atoms with Gasteiger partial charge >= 0.3 is 5.97 Å². The molecule has 1 fully saturated rings. The minimum atomic E-state index is -1.06. The second-order valence-corrected chi connectivity index (χ2v) is 8.84. The van der Waals surface area contributed by atoms with Crippen molar-refractivity contribution in [1.82, 2.24) is 9.97 Å². The molecule has 2 heterocycles. The Hall–Kier alpha value is -2.93. The molecule has 3 aromatic rings. The normalized spacial score (nSPS) is 15.7. The van der Waals surface area contributed by atoms with E-state index in [2.05, 4.69) is 49.9 Å². The molecule has 1 saturated heterocycles. The van der Waals surface area contributed by atoms with Crippen molar-refractivity contribution in [2.45, 2.75) is 45.3 Å². The van der Waals surface area contributed by atoms with Gasteiger partial charge in [-0.3, -0.25) is 0 Å².